The zero-order valence-electron chi connectivity index (χ0n) is 6.84. The van der Waals surface area contributed by atoms with E-state index >= 15 is 0 Å². The van der Waals surface area contributed by atoms with Crippen molar-refractivity contribution in [1.82, 2.24) is 9.80 Å². The van der Waals surface area contributed by atoms with Gasteiger partial charge in [0, 0.05) is 19.1 Å². The summed E-state index contributed by atoms with van der Waals surface area (Å²) in [7, 11) is 4.19. The largest absolute Gasteiger partial charge is 0.302 e. The van der Waals surface area contributed by atoms with Gasteiger partial charge in [0.05, 0.1) is 5.50 Å². The summed E-state index contributed by atoms with van der Waals surface area (Å²) in [6.45, 7) is 4.30. The fourth-order valence-electron chi connectivity index (χ4n) is 1.32. The van der Waals surface area contributed by atoms with Gasteiger partial charge in [-0.15, -0.1) is 11.6 Å². The van der Waals surface area contributed by atoms with Gasteiger partial charge in [0.2, 0.25) is 0 Å². The first kappa shape index (κ1) is 8.31. The second-order valence-electron chi connectivity index (χ2n) is 3.17. The normalized spacial score (nSPS) is 38.4. The molecule has 0 aromatic heterocycles. The van der Waals surface area contributed by atoms with E-state index in [9.17, 15) is 0 Å². The lowest BCUT2D eigenvalue weighted by Crippen LogP contribution is -2.52. The van der Waals surface area contributed by atoms with Crippen molar-refractivity contribution < 1.29 is 0 Å². The highest BCUT2D eigenvalue weighted by atomic mass is 35.5. The van der Waals surface area contributed by atoms with Crippen LogP contribution in [0.2, 0.25) is 0 Å². The van der Waals surface area contributed by atoms with Crippen molar-refractivity contribution in [3.63, 3.8) is 0 Å². The molecule has 0 aliphatic carbocycles. The Bertz CT molecular complexity index is 106. The zero-order chi connectivity index (χ0) is 7.72. The average molecular weight is 163 g/mol. The van der Waals surface area contributed by atoms with E-state index in [-0.39, 0.29) is 5.50 Å². The zero-order valence-corrected chi connectivity index (χ0v) is 7.60. The predicted octanol–water partition coefficient (Wildman–Crippen LogP) is 0.817. The van der Waals surface area contributed by atoms with Crippen LogP contribution < -0.4 is 0 Å². The monoisotopic (exact) mass is 162 g/mol. The summed E-state index contributed by atoms with van der Waals surface area (Å²) in [6, 6.07) is 0.584. The Morgan fingerprint density at radius 2 is 1.90 bits per heavy atom. The molecule has 60 valence electrons. The van der Waals surface area contributed by atoms with E-state index in [1.807, 2.05) is 0 Å². The van der Waals surface area contributed by atoms with Crippen molar-refractivity contribution in [3.05, 3.63) is 0 Å². The molecule has 1 rings (SSSR count). The number of hydrogen-bond acceptors (Lipinski definition) is 2. The molecule has 0 radical (unpaired) electrons. The average Bonchev–Trinajstić information content (AvgIpc) is 1.82. The van der Waals surface area contributed by atoms with Crippen LogP contribution in [0, 0.1) is 0 Å². The minimum Gasteiger partial charge on any atom is -0.302 e. The van der Waals surface area contributed by atoms with Gasteiger partial charge in [-0.05, 0) is 21.0 Å². The van der Waals surface area contributed by atoms with Gasteiger partial charge in [0.25, 0.3) is 0 Å². The summed E-state index contributed by atoms with van der Waals surface area (Å²) in [4.78, 5) is 4.48. The number of nitrogens with zero attached hydrogens (tertiary/aromatic N) is 2. The van der Waals surface area contributed by atoms with Crippen molar-refractivity contribution in [2.75, 3.05) is 27.2 Å². The SMILES string of the molecule is CC1CN(C)CC(Cl)N1C. The molecular formula is C7H15ClN2. The molecule has 0 amide bonds. The first-order valence-corrected chi connectivity index (χ1v) is 4.09. The number of piperazine rings is 1. The Morgan fingerprint density at radius 3 is 2.40 bits per heavy atom. The second-order valence-corrected chi connectivity index (χ2v) is 3.67. The minimum atomic E-state index is 0.189. The summed E-state index contributed by atoms with van der Waals surface area (Å²) in [6.07, 6.45) is 0. The third-order valence-corrected chi connectivity index (χ3v) is 2.62. The highest BCUT2D eigenvalue weighted by molar-refractivity contribution is 6.20. The van der Waals surface area contributed by atoms with Crippen LogP contribution in [0.5, 0.6) is 0 Å². The fraction of sp³-hybridized carbons (Fsp3) is 1.00. The highest BCUT2D eigenvalue weighted by Gasteiger charge is 2.25. The Kier molecular flexibility index (Phi) is 2.55. The Labute approximate surface area is 67.7 Å². The first-order chi connectivity index (χ1) is 4.61. The Balaban J connectivity index is 2.49. The third-order valence-electron chi connectivity index (χ3n) is 2.18. The topological polar surface area (TPSA) is 6.48 Å². The smallest absolute Gasteiger partial charge is 0.0979 e. The lowest BCUT2D eigenvalue weighted by molar-refractivity contribution is 0.105. The second kappa shape index (κ2) is 3.07. The van der Waals surface area contributed by atoms with Gasteiger partial charge in [-0.2, -0.15) is 0 Å². The molecule has 1 saturated heterocycles. The molecule has 0 aromatic rings. The van der Waals surface area contributed by atoms with E-state index in [0.717, 1.165) is 13.1 Å². The minimum absolute atomic E-state index is 0.189. The maximum Gasteiger partial charge on any atom is 0.0979 e. The van der Waals surface area contributed by atoms with Gasteiger partial charge in [0.1, 0.15) is 0 Å². The van der Waals surface area contributed by atoms with E-state index in [4.69, 9.17) is 11.6 Å². The van der Waals surface area contributed by atoms with E-state index in [1.54, 1.807) is 0 Å². The lowest BCUT2D eigenvalue weighted by Gasteiger charge is -2.39. The molecule has 0 saturated carbocycles. The van der Waals surface area contributed by atoms with Crippen LogP contribution in [0.15, 0.2) is 0 Å². The lowest BCUT2D eigenvalue weighted by atomic mass is 10.2. The molecule has 2 unspecified atom stereocenters. The Morgan fingerprint density at radius 1 is 1.30 bits per heavy atom. The van der Waals surface area contributed by atoms with Crippen molar-refractivity contribution in [3.8, 4) is 0 Å². The van der Waals surface area contributed by atoms with E-state index in [0.29, 0.717) is 6.04 Å². The van der Waals surface area contributed by atoms with Crippen LogP contribution in [0.1, 0.15) is 6.92 Å². The number of alkyl halides is 1. The molecule has 1 aliphatic rings. The van der Waals surface area contributed by atoms with Gasteiger partial charge >= 0.3 is 0 Å². The summed E-state index contributed by atoms with van der Waals surface area (Å²) < 4.78 is 0. The summed E-state index contributed by atoms with van der Waals surface area (Å²) in [5, 5.41) is 0. The van der Waals surface area contributed by atoms with E-state index in [1.165, 1.54) is 0 Å². The molecule has 0 N–H and O–H groups in total. The fourth-order valence-corrected chi connectivity index (χ4v) is 1.74. The van der Waals surface area contributed by atoms with Crippen LogP contribution >= 0.6 is 11.6 Å². The van der Waals surface area contributed by atoms with Crippen molar-refractivity contribution in [2.24, 2.45) is 0 Å². The molecular weight excluding hydrogens is 148 g/mol. The van der Waals surface area contributed by atoms with Crippen LogP contribution in [-0.4, -0.2) is 48.5 Å². The van der Waals surface area contributed by atoms with Crippen LogP contribution in [0.25, 0.3) is 0 Å². The number of likely N-dealkylation sites (N-methyl/N-ethyl adjacent to an activating group) is 2. The van der Waals surface area contributed by atoms with Crippen molar-refractivity contribution in [2.45, 2.75) is 18.5 Å². The molecule has 1 aliphatic heterocycles. The summed E-state index contributed by atoms with van der Waals surface area (Å²) in [5.41, 5.74) is 0.189. The Hall–Kier alpha value is 0.210. The van der Waals surface area contributed by atoms with Crippen LogP contribution in [-0.2, 0) is 0 Å². The number of halogens is 1. The molecule has 1 fully saturated rings. The standard InChI is InChI=1S/C7H15ClN2/c1-6-4-9(2)5-7(8)10(6)3/h6-7H,4-5H2,1-3H3. The molecule has 3 heteroatoms. The van der Waals surface area contributed by atoms with Gasteiger partial charge < -0.3 is 4.90 Å². The molecule has 10 heavy (non-hydrogen) atoms. The predicted molar refractivity (Wildman–Crippen MR) is 44.4 cm³/mol. The molecule has 2 atom stereocenters. The summed E-state index contributed by atoms with van der Waals surface area (Å²) in [5.74, 6) is 0. The number of hydrogen-bond donors (Lipinski definition) is 0. The molecule has 0 bridgehead atoms. The number of rotatable bonds is 0. The van der Waals surface area contributed by atoms with Gasteiger partial charge in [-0.3, -0.25) is 4.90 Å². The van der Waals surface area contributed by atoms with Crippen LogP contribution in [0.3, 0.4) is 0 Å². The van der Waals surface area contributed by atoms with Gasteiger partial charge in [0.15, 0.2) is 0 Å². The first-order valence-electron chi connectivity index (χ1n) is 3.66. The van der Waals surface area contributed by atoms with Gasteiger partial charge in [-0.25, -0.2) is 0 Å². The van der Waals surface area contributed by atoms with Crippen LogP contribution in [0.4, 0.5) is 0 Å². The quantitative estimate of drug-likeness (QED) is 0.385. The third kappa shape index (κ3) is 1.62. The molecule has 0 aromatic carbocycles. The maximum absolute atomic E-state index is 6.04. The molecule has 2 nitrogen and oxygen atoms in total. The maximum atomic E-state index is 6.04. The van der Waals surface area contributed by atoms with Crippen molar-refractivity contribution >= 4 is 11.6 Å². The van der Waals surface area contributed by atoms with Crippen molar-refractivity contribution in [1.29, 1.82) is 0 Å². The van der Waals surface area contributed by atoms with E-state index in [2.05, 4.69) is 30.8 Å². The molecule has 1 heterocycles. The molecule has 0 spiro atoms. The summed E-state index contributed by atoms with van der Waals surface area (Å²) >= 11 is 6.04. The highest BCUT2D eigenvalue weighted by Crippen LogP contribution is 2.14. The van der Waals surface area contributed by atoms with Gasteiger partial charge in [-0.1, -0.05) is 0 Å². The van der Waals surface area contributed by atoms with E-state index < -0.39 is 0 Å².